The summed E-state index contributed by atoms with van der Waals surface area (Å²) in [6.45, 7) is 3.68. The molecule has 2 rings (SSSR count). The van der Waals surface area contributed by atoms with Gasteiger partial charge in [-0.2, -0.15) is 0 Å². The van der Waals surface area contributed by atoms with Crippen LogP contribution in [-0.4, -0.2) is 21.0 Å². The van der Waals surface area contributed by atoms with Crippen LogP contribution in [0.15, 0.2) is 20.9 Å². The lowest BCUT2D eigenvalue weighted by Crippen LogP contribution is -2.09. The predicted molar refractivity (Wildman–Crippen MR) is 84.7 cm³/mol. The highest BCUT2D eigenvalue weighted by atomic mass is 79.9. The molecule has 2 aromatic heterocycles. The molecule has 0 radical (unpaired) electrons. The van der Waals surface area contributed by atoms with Gasteiger partial charge >= 0.3 is 5.97 Å². The Morgan fingerprint density at radius 2 is 2.20 bits per heavy atom. The van der Waals surface area contributed by atoms with Crippen LogP contribution in [0.2, 0.25) is 0 Å². The van der Waals surface area contributed by atoms with Crippen molar-refractivity contribution < 1.29 is 9.90 Å². The first kappa shape index (κ1) is 15.5. The van der Waals surface area contributed by atoms with Gasteiger partial charge in [0.15, 0.2) is 0 Å². The fourth-order valence-electron chi connectivity index (χ4n) is 1.68. The molecule has 0 bridgehead atoms. The number of hydrogen-bond acceptors (Lipinski definition) is 5. The average Bonchev–Trinajstić information content (AvgIpc) is 2.81. The maximum absolute atomic E-state index is 11.4. The smallest absolute Gasteiger partial charge is 0.340 e. The van der Waals surface area contributed by atoms with Crippen LogP contribution in [0.25, 0.3) is 0 Å². The van der Waals surface area contributed by atoms with E-state index in [-0.39, 0.29) is 5.56 Å². The van der Waals surface area contributed by atoms with E-state index in [1.807, 2.05) is 19.1 Å². The zero-order valence-electron chi connectivity index (χ0n) is 11.0. The van der Waals surface area contributed by atoms with E-state index in [1.54, 1.807) is 18.3 Å². The van der Waals surface area contributed by atoms with Crippen molar-refractivity contribution in [1.29, 1.82) is 0 Å². The zero-order chi connectivity index (χ0) is 14.7. The van der Waals surface area contributed by atoms with Crippen molar-refractivity contribution in [3.63, 3.8) is 0 Å². The second kappa shape index (κ2) is 6.69. The van der Waals surface area contributed by atoms with Crippen molar-refractivity contribution >= 4 is 45.0 Å². The van der Waals surface area contributed by atoms with E-state index in [0.29, 0.717) is 28.7 Å². The maximum atomic E-state index is 11.4. The van der Waals surface area contributed by atoms with E-state index in [1.165, 1.54) is 16.6 Å². The highest BCUT2D eigenvalue weighted by molar-refractivity contribution is 9.11. The topological polar surface area (TPSA) is 63.1 Å². The number of aromatic carboxylic acids is 1. The summed E-state index contributed by atoms with van der Waals surface area (Å²) in [4.78, 5) is 21.1. The first-order chi connectivity index (χ1) is 9.51. The Hall–Kier alpha value is -0.920. The van der Waals surface area contributed by atoms with Crippen molar-refractivity contribution in [3.8, 4) is 0 Å². The van der Waals surface area contributed by atoms with E-state index < -0.39 is 5.97 Å². The Bertz CT molecular complexity index is 643. The molecule has 1 N–H and O–H groups in total. The van der Waals surface area contributed by atoms with Gasteiger partial charge in [-0.3, -0.25) is 0 Å². The lowest BCUT2D eigenvalue weighted by molar-refractivity contribution is 0.0690. The van der Waals surface area contributed by atoms with E-state index in [9.17, 15) is 9.90 Å². The summed E-state index contributed by atoms with van der Waals surface area (Å²) in [5.41, 5.74) is 0.738. The van der Waals surface area contributed by atoms with Gasteiger partial charge in [0.1, 0.15) is 16.4 Å². The van der Waals surface area contributed by atoms with Gasteiger partial charge in [-0.25, -0.2) is 14.8 Å². The van der Waals surface area contributed by atoms with E-state index in [2.05, 4.69) is 25.9 Å². The summed E-state index contributed by atoms with van der Waals surface area (Å²) in [6, 6.07) is 4.01. The van der Waals surface area contributed by atoms with Crippen LogP contribution in [0.3, 0.4) is 0 Å². The normalized spacial score (nSPS) is 10.8. The van der Waals surface area contributed by atoms with E-state index >= 15 is 0 Å². The number of nitrogens with zero attached hydrogens (tertiary/aromatic N) is 2. The average molecular weight is 373 g/mol. The number of hydrogen-bond donors (Lipinski definition) is 1. The Kier molecular flexibility index (Phi) is 5.17. The van der Waals surface area contributed by atoms with Crippen molar-refractivity contribution in [2.75, 3.05) is 0 Å². The molecule has 0 aromatic carbocycles. The maximum Gasteiger partial charge on any atom is 0.340 e. The molecule has 0 unspecified atom stereocenters. The minimum Gasteiger partial charge on any atom is -0.478 e. The van der Waals surface area contributed by atoms with Crippen molar-refractivity contribution in [2.24, 2.45) is 0 Å². The number of thioether (sulfide) groups is 1. The van der Waals surface area contributed by atoms with Crippen molar-refractivity contribution in [1.82, 2.24) is 9.97 Å². The van der Waals surface area contributed by atoms with Gasteiger partial charge < -0.3 is 5.11 Å². The van der Waals surface area contributed by atoms with E-state index in [4.69, 9.17) is 0 Å². The Morgan fingerprint density at radius 1 is 1.45 bits per heavy atom. The third-order valence-corrected chi connectivity index (χ3v) is 5.44. The van der Waals surface area contributed by atoms with Crippen LogP contribution in [0.5, 0.6) is 0 Å². The number of rotatable bonds is 5. The SMILES string of the molecule is CCc1nc(C)c(C(=O)O)c(SCc2ccc(Br)s2)n1. The molecule has 106 valence electrons. The van der Waals surface area contributed by atoms with Crippen LogP contribution in [0.1, 0.15) is 33.7 Å². The molecule has 0 saturated carbocycles. The van der Waals surface area contributed by atoms with Crippen LogP contribution in [0, 0.1) is 6.92 Å². The number of halogens is 1. The minimum atomic E-state index is -0.972. The largest absolute Gasteiger partial charge is 0.478 e. The summed E-state index contributed by atoms with van der Waals surface area (Å²) in [5.74, 6) is 0.415. The van der Waals surface area contributed by atoms with Gasteiger partial charge in [-0.15, -0.1) is 11.3 Å². The highest BCUT2D eigenvalue weighted by Crippen LogP contribution is 2.30. The lowest BCUT2D eigenvalue weighted by Gasteiger charge is -2.08. The molecule has 7 heteroatoms. The second-order valence-corrected chi connectivity index (χ2v) is 7.57. The molecular formula is C13H13BrN2O2S2. The van der Waals surface area contributed by atoms with Gasteiger partial charge in [-0.05, 0) is 35.0 Å². The molecule has 0 amide bonds. The third kappa shape index (κ3) is 3.59. The summed E-state index contributed by atoms with van der Waals surface area (Å²) in [6.07, 6.45) is 0.693. The quantitative estimate of drug-likeness (QED) is 0.630. The highest BCUT2D eigenvalue weighted by Gasteiger charge is 2.18. The predicted octanol–water partition coefficient (Wildman–Crippen LogP) is 4.16. The first-order valence-corrected chi connectivity index (χ1v) is 8.58. The molecule has 0 spiro atoms. The van der Waals surface area contributed by atoms with Crippen LogP contribution < -0.4 is 0 Å². The lowest BCUT2D eigenvalue weighted by atomic mass is 10.2. The van der Waals surface area contributed by atoms with Gasteiger partial charge in [-0.1, -0.05) is 18.7 Å². The van der Waals surface area contributed by atoms with Crippen molar-refractivity contribution in [2.45, 2.75) is 31.0 Å². The van der Waals surface area contributed by atoms with Gasteiger partial charge in [0, 0.05) is 17.1 Å². The number of carbonyl (C=O) groups is 1. The van der Waals surface area contributed by atoms with Crippen LogP contribution >= 0.6 is 39.0 Å². The summed E-state index contributed by atoms with van der Waals surface area (Å²) in [5, 5.41) is 9.86. The summed E-state index contributed by atoms with van der Waals surface area (Å²) >= 11 is 6.50. The van der Waals surface area contributed by atoms with Crippen LogP contribution in [-0.2, 0) is 12.2 Å². The molecule has 0 fully saturated rings. The zero-order valence-corrected chi connectivity index (χ0v) is 14.2. The fourth-order valence-corrected chi connectivity index (χ4v) is 4.30. The Morgan fingerprint density at radius 3 is 2.75 bits per heavy atom. The first-order valence-electron chi connectivity index (χ1n) is 5.99. The number of thiophene rings is 1. The fraction of sp³-hybridized carbons (Fsp3) is 0.308. The molecule has 0 aliphatic rings. The number of carboxylic acids is 1. The number of aryl methyl sites for hydroxylation is 2. The Labute approximate surface area is 133 Å². The molecular weight excluding hydrogens is 360 g/mol. The minimum absolute atomic E-state index is 0.211. The summed E-state index contributed by atoms with van der Waals surface area (Å²) < 4.78 is 1.07. The molecule has 0 saturated heterocycles. The molecule has 2 heterocycles. The molecule has 20 heavy (non-hydrogen) atoms. The standard InChI is InChI=1S/C13H13BrN2O2S2/c1-3-10-15-7(2)11(13(17)18)12(16-10)19-6-8-4-5-9(14)20-8/h4-5H,3,6H2,1-2H3,(H,17,18). The molecule has 0 atom stereocenters. The van der Waals surface area contributed by atoms with Crippen LogP contribution in [0.4, 0.5) is 0 Å². The molecule has 0 aliphatic heterocycles. The molecule has 4 nitrogen and oxygen atoms in total. The number of carboxylic acid groups (broad SMARTS) is 1. The number of aromatic nitrogens is 2. The summed E-state index contributed by atoms with van der Waals surface area (Å²) in [7, 11) is 0. The molecule has 0 aliphatic carbocycles. The van der Waals surface area contributed by atoms with Gasteiger partial charge in [0.2, 0.25) is 0 Å². The van der Waals surface area contributed by atoms with Gasteiger partial charge in [0.25, 0.3) is 0 Å². The van der Waals surface area contributed by atoms with E-state index in [0.717, 1.165) is 3.79 Å². The monoisotopic (exact) mass is 372 g/mol. The van der Waals surface area contributed by atoms with Gasteiger partial charge in [0.05, 0.1) is 9.48 Å². The second-order valence-electron chi connectivity index (χ2n) is 4.06. The molecule has 2 aromatic rings. The van der Waals surface area contributed by atoms with Crippen molar-refractivity contribution in [3.05, 3.63) is 37.9 Å². The third-order valence-electron chi connectivity index (χ3n) is 2.61. The Balaban J connectivity index is 2.28.